The zero-order valence-electron chi connectivity index (χ0n) is 14.7. The summed E-state index contributed by atoms with van der Waals surface area (Å²) < 4.78 is 5.82. The Kier molecular flexibility index (Phi) is 4.85. The molecule has 3 aromatic carbocycles. The Morgan fingerprint density at radius 2 is 1.56 bits per heavy atom. The van der Waals surface area contributed by atoms with Crippen molar-refractivity contribution >= 4 is 11.6 Å². The Morgan fingerprint density at radius 3 is 2.28 bits per heavy atom. The highest BCUT2D eigenvalue weighted by atomic mass is 16.5. The highest BCUT2D eigenvalue weighted by Crippen LogP contribution is 2.23. The van der Waals surface area contributed by atoms with Crippen molar-refractivity contribution in [2.45, 2.75) is 20.8 Å². The lowest BCUT2D eigenvalue weighted by Crippen LogP contribution is -2.12. The molecular formula is C22H21NO2. The molecule has 0 aliphatic heterocycles. The highest BCUT2D eigenvalue weighted by molar-refractivity contribution is 6.04. The van der Waals surface area contributed by atoms with Crippen LogP contribution in [0.2, 0.25) is 0 Å². The minimum absolute atomic E-state index is 0.129. The molecule has 0 aliphatic carbocycles. The number of hydrogen-bond donors (Lipinski definition) is 1. The van der Waals surface area contributed by atoms with Crippen molar-refractivity contribution in [2.24, 2.45) is 0 Å². The molecule has 1 amide bonds. The van der Waals surface area contributed by atoms with Crippen LogP contribution in [0.3, 0.4) is 0 Å². The second-order valence-electron chi connectivity index (χ2n) is 6.14. The van der Waals surface area contributed by atoms with Gasteiger partial charge >= 0.3 is 0 Å². The number of carbonyl (C=O) groups excluding carboxylic acids is 1. The molecule has 3 heteroatoms. The Labute approximate surface area is 148 Å². The van der Waals surface area contributed by atoms with Crippen molar-refractivity contribution in [1.82, 2.24) is 0 Å². The molecule has 0 aliphatic rings. The topological polar surface area (TPSA) is 38.3 Å². The maximum absolute atomic E-state index is 12.4. The highest BCUT2D eigenvalue weighted by Gasteiger charge is 2.09. The first-order chi connectivity index (χ1) is 12.0. The molecule has 0 radical (unpaired) electrons. The predicted molar refractivity (Wildman–Crippen MR) is 102 cm³/mol. The molecule has 0 fully saturated rings. The second kappa shape index (κ2) is 7.22. The van der Waals surface area contributed by atoms with Crippen molar-refractivity contribution in [3.05, 3.63) is 89.0 Å². The van der Waals surface area contributed by atoms with Crippen molar-refractivity contribution in [2.75, 3.05) is 5.32 Å². The normalized spacial score (nSPS) is 10.4. The Morgan fingerprint density at radius 1 is 0.840 bits per heavy atom. The minimum atomic E-state index is -0.129. The summed E-state index contributed by atoms with van der Waals surface area (Å²) in [7, 11) is 0. The largest absolute Gasteiger partial charge is 0.457 e. The van der Waals surface area contributed by atoms with Crippen LogP contribution in [0.5, 0.6) is 11.5 Å². The maximum atomic E-state index is 12.4. The van der Waals surface area contributed by atoms with Crippen LogP contribution in [-0.4, -0.2) is 5.91 Å². The summed E-state index contributed by atoms with van der Waals surface area (Å²) in [4.78, 5) is 12.4. The Bertz CT molecular complexity index is 898. The van der Waals surface area contributed by atoms with Crippen LogP contribution in [0.1, 0.15) is 27.0 Å². The molecule has 0 unspecified atom stereocenters. The third-order valence-electron chi connectivity index (χ3n) is 4.19. The van der Waals surface area contributed by atoms with E-state index in [1.807, 2.05) is 63.2 Å². The minimum Gasteiger partial charge on any atom is -0.457 e. The van der Waals surface area contributed by atoms with E-state index in [1.54, 1.807) is 24.3 Å². The third kappa shape index (κ3) is 4.07. The first kappa shape index (κ1) is 16.8. The fourth-order valence-electron chi connectivity index (χ4n) is 2.57. The number of nitrogens with one attached hydrogen (secondary N) is 1. The lowest BCUT2D eigenvalue weighted by atomic mass is 10.1. The molecule has 126 valence electrons. The summed E-state index contributed by atoms with van der Waals surface area (Å²) in [6, 6.07) is 20.9. The zero-order valence-corrected chi connectivity index (χ0v) is 14.7. The fourth-order valence-corrected chi connectivity index (χ4v) is 2.57. The molecule has 0 saturated carbocycles. The van der Waals surface area contributed by atoms with Gasteiger partial charge in [-0.15, -0.1) is 0 Å². The third-order valence-corrected chi connectivity index (χ3v) is 4.19. The van der Waals surface area contributed by atoms with E-state index in [2.05, 4.69) is 5.32 Å². The van der Waals surface area contributed by atoms with Crippen LogP contribution >= 0.6 is 0 Å². The molecule has 3 aromatic rings. The summed E-state index contributed by atoms with van der Waals surface area (Å²) in [5.41, 5.74) is 4.81. The Hall–Kier alpha value is -3.07. The predicted octanol–water partition coefficient (Wildman–Crippen LogP) is 5.66. The second-order valence-corrected chi connectivity index (χ2v) is 6.14. The SMILES string of the molecule is Cc1cccc(Oc2ccc(C(=O)Nc3cccc(C)c3C)cc2)c1. The van der Waals surface area contributed by atoms with E-state index in [0.717, 1.165) is 28.1 Å². The van der Waals surface area contributed by atoms with E-state index in [-0.39, 0.29) is 5.91 Å². The van der Waals surface area contributed by atoms with Gasteiger partial charge in [0.05, 0.1) is 0 Å². The summed E-state index contributed by atoms with van der Waals surface area (Å²) in [5, 5.41) is 2.96. The summed E-state index contributed by atoms with van der Waals surface area (Å²) >= 11 is 0. The van der Waals surface area contributed by atoms with Crippen LogP contribution in [0.4, 0.5) is 5.69 Å². The monoisotopic (exact) mass is 331 g/mol. The van der Waals surface area contributed by atoms with E-state index >= 15 is 0 Å². The van der Waals surface area contributed by atoms with Gasteiger partial charge in [0.25, 0.3) is 5.91 Å². The molecular weight excluding hydrogens is 310 g/mol. The zero-order chi connectivity index (χ0) is 17.8. The van der Waals surface area contributed by atoms with Crippen LogP contribution in [-0.2, 0) is 0 Å². The molecule has 0 aromatic heterocycles. The van der Waals surface area contributed by atoms with Crippen LogP contribution in [0, 0.1) is 20.8 Å². The van der Waals surface area contributed by atoms with Crippen molar-refractivity contribution in [3.63, 3.8) is 0 Å². The number of amides is 1. The van der Waals surface area contributed by atoms with Gasteiger partial charge in [-0.25, -0.2) is 0 Å². The lowest BCUT2D eigenvalue weighted by Gasteiger charge is -2.11. The average Bonchev–Trinajstić information content (AvgIpc) is 2.59. The van der Waals surface area contributed by atoms with Gasteiger partial charge in [0.15, 0.2) is 0 Å². The van der Waals surface area contributed by atoms with Gasteiger partial charge in [-0.1, -0.05) is 24.3 Å². The Balaban J connectivity index is 1.71. The first-order valence-corrected chi connectivity index (χ1v) is 8.25. The molecule has 3 rings (SSSR count). The average molecular weight is 331 g/mol. The van der Waals surface area contributed by atoms with Gasteiger partial charge in [-0.3, -0.25) is 4.79 Å². The quantitative estimate of drug-likeness (QED) is 0.670. The number of carbonyl (C=O) groups is 1. The molecule has 0 bridgehead atoms. The standard InChI is InChI=1S/C22H21NO2/c1-15-6-4-8-20(14-15)25-19-12-10-18(11-13-19)22(24)23-21-9-5-7-16(2)17(21)3/h4-14H,1-3H3,(H,23,24). The number of anilines is 1. The maximum Gasteiger partial charge on any atom is 0.255 e. The summed E-state index contributed by atoms with van der Waals surface area (Å²) in [6.07, 6.45) is 0. The fraction of sp³-hybridized carbons (Fsp3) is 0.136. The van der Waals surface area contributed by atoms with E-state index in [4.69, 9.17) is 4.74 Å². The summed E-state index contributed by atoms with van der Waals surface area (Å²) in [6.45, 7) is 6.06. The lowest BCUT2D eigenvalue weighted by molar-refractivity contribution is 0.102. The molecule has 3 nitrogen and oxygen atoms in total. The smallest absolute Gasteiger partial charge is 0.255 e. The van der Waals surface area contributed by atoms with Gasteiger partial charge in [0.2, 0.25) is 0 Å². The molecule has 0 spiro atoms. The van der Waals surface area contributed by atoms with Crippen molar-refractivity contribution in [3.8, 4) is 11.5 Å². The number of aryl methyl sites for hydroxylation is 2. The van der Waals surface area contributed by atoms with Gasteiger partial charge in [-0.05, 0) is 79.9 Å². The molecule has 0 heterocycles. The van der Waals surface area contributed by atoms with Gasteiger partial charge in [0.1, 0.15) is 11.5 Å². The van der Waals surface area contributed by atoms with Crippen LogP contribution < -0.4 is 10.1 Å². The van der Waals surface area contributed by atoms with E-state index in [0.29, 0.717) is 11.3 Å². The molecule has 25 heavy (non-hydrogen) atoms. The van der Waals surface area contributed by atoms with Crippen LogP contribution in [0.15, 0.2) is 66.7 Å². The number of ether oxygens (including phenoxy) is 1. The van der Waals surface area contributed by atoms with Gasteiger partial charge in [-0.2, -0.15) is 0 Å². The van der Waals surface area contributed by atoms with Gasteiger partial charge in [0, 0.05) is 11.3 Å². The van der Waals surface area contributed by atoms with Gasteiger partial charge < -0.3 is 10.1 Å². The molecule has 0 saturated heterocycles. The van der Waals surface area contributed by atoms with E-state index < -0.39 is 0 Å². The van der Waals surface area contributed by atoms with E-state index in [9.17, 15) is 4.79 Å². The number of hydrogen-bond acceptors (Lipinski definition) is 2. The molecule has 0 atom stereocenters. The van der Waals surface area contributed by atoms with E-state index in [1.165, 1.54) is 0 Å². The number of benzene rings is 3. The first-order valence-electron chi connectivity index (χ1n) is 8.25. The number of rotatable bonds is 4. The molecule has 1 N–H and O–H groups in total. The van der Waals surface area contributed by atoms with Crippen molar-refractivity contribution in [1.29, 1.82) is 0 Å². The summed E-state index contributed by atoms with van der Waals surface area (Å²) in [5.74, 6) is 1.36. The van der Waals surface area contributed by atoms with Crippen LogP contribution in [0.25, 0.3) is 0 Å². The van der Waals surface area contributed by atoms with Crippen molar-refractivity contribution < 1.29 is 9.53 Å².